The largest absolute Gasteiger partial charge is 0.426 e. The summed E-state index contributed by atoms with van der Waals surface area (Å²) in [5.74, 6) is -0.557. The Morgan fingerprint density at radius 3 is 2.44 bits per heavy atom. The van der Waals surface area contributed by atoms with E-state index in [4.69, 9.17) is 39.2 Å². The number of hydrogen-bond donors (Lipinski definition) is 2. The van der Waals surface area contributed by atoms with Gasteiger partial charge in [0, 0.05) is 32.4 Å². The molecule has 0 aliphatic heterocycles. The summed E-state index contributed by atoms with van der Waals surface area (Å²) >= 11 is 18.7. The van der Waals surface area contributed by atoms with Crippen molar-refractivity contribution in [2.24, 2.45) is 0 Å². The van der Waals surface area contributed by atoms with Crippen LogP contribution in [0.15, 0.2) is 77.5 Å². The molecule has 0 atom stereocenters. The molecular weight excluding hydrogens is 563 g/mol. The minimum atomic E-state index is -0.463. The Morgan fingerprint density at radius 1 is 0.949 bits per heavy atom. The van der Waals surface area contributed by atoms with Crippen molar-refractivity contribution in [2.45, 2.75) is 13.5 Å². The predicted octanol–water partition coefficient (Wildman–Crippen LogP) is 6.37. The van der Waals surface area contributed by atoms with Gasteiger partial charge in [0.1, 0.15) is 0 Å². The summed E-state index contributed by atoms with van der Waals surface area (Å²) in [5, 5.41) is 18.9. The van der Waals surface area contributed by atoms with Crippen molar-refractivity contribution in [2.75, 3.05) is 5.32 Å². The van der Waals surface area contributed by atoms with Crippen molar-refractivity contribution in [1.82, 2.24) is 25.3 Å². The molecule has 39 heavy (non-hydrogen) atoms. The third-order valence-electron chi connectivity index (χ3n) is 5.78. The Morgan fingerprint density at radius 2 is 1.72 bits per heavy atom. The first-order chi connectivity index (χ1) is 18.8. The summed E-state index contributed by atoms with van der Waals surface area (Å²) in [6.07, 6.45) is 1.18. The zero-order valence-electron chi connectivity index (χ0n) is 20.3. The van der Waals surface area contributed by atoms with Crippen LogP contribution in [0.5, 0.6) is 0 Å². The molecule has 12 heteroatoms. The van der Waals surface area contributed by atoms with Crippen LogP contribution in [0, 0.1) is 6.92 Å². The van der Waals surface area contributed by atoms with Crippen molar-refractivity contribution in [3.05, 3.63) is 111 Å². The van der Waals surface area contributed by atoms with Gasteiger partial charge in [-0.05, 0) is 55.5 Å². The van der Waals surface area contributed by atoms with Gasteiger partial charge in [0.2, 0.25) is 12.3 Å². The van der Waals surface area contributed by atoms with Gasteiger partial charge < -0.3 is 15.1 Å². The molecule has 0 spiro atoms. The van der Waals surface area contributed by atoms with Crippen molar-refractivity contribution < 1.29 is 14.0 Å². The van der Waals surface area contributed by atoms with E-state index in [1.54, 1.807) is 66.2 Å². The number of nitrogens with one attached hydrogen (secondary N) is 2. The summed E-state index contributed by atoms with van der Waals surface area (Å²) in [6.45, 7) is 1.88. The first-order valence-electron chi connectivity index (χ1n) is 11.6. The van der Waals surface area contributed by atoms with Gasteiger partial charge >= 0.3 is 0 Å². The third kappa shape index (κ3) is 5.80. The molecule has 3 aromatic carbocycles. The van der Waals surface area contributed by atoms with Gasteiger partial charge in [0.25, 0.3) is 11.8 Å². The van der Waals surface area contributed by atoms with E-state index in [0.717, 1.165) is 5.56 Å². The Labute approximate surface area is 237 Å². The molecule has 196 valence electrons. The molecular formula is C27H19Cl3N6O3. The van der Waals surface area contributed by atoms with Gasteiger partial charge in [-0.1, -0.05) is 53.0 Å². The molecule has 2 aromatic heterocycles. The van der Waals surface area contributed by atoms with Crippen LogP contribution in [-0.2, 0) is 6.54 Å². The number of carbonyl (C=O) groups is 2. The SMILES string of the molecule is Cc1c(C(=O)Nc2cccc(C(=O)NCc3nnco3)c2)nn(-c2ccc(Cl)cc2Cl)c1-c1ccc(Cl)cc1. The summed E-state index contributed by atoms with van der Waals surface area (Å²) in [5.41, 5.74) is 3.55. The molecule has 0 aliphatic carbocycles. The van der Waals surface area contributed by atoms with Crippen LogP contribution in [0.1, 0.15) is 32.3 Å². The summed E-state index contributed by atoms with van der Waals surface area (Å²) in [6, 6.07) is 18.7. The maximum absolute atomic E-state index is 13.4. The van der Waals surface area contributed by atoms with Gasteiger partial charge in [-0.3, -0.25) is 9.59 Å². The summed E-state index contributed by atoms with van der Waals surface area (Å²) < 4.78 is 6.63. The van der Waals surface area contributed by atoms with Crippen molar-refractivity contribution >= 4 is 52.3 Å². The lowest BCUT2D eigenvalue weighted by atomic mass is 10.1. The van der Waals surface area contributed by atoms with E-state index in [1.165, 1.54) is 6.39 Å². The van der Waals surface area contributed by atoms with Crippen molar-refractivity contribution in [3.8, 4) is 16.9 Å². The van der Waals surface area contributed by atoms with Gasteiger partial charge in [-0.15, -0.1) is 10.2 Å². The molecule has 0 saturated carbocycles. The number of amides is 2. The number of hydrogen-bond acceptors (Lipinski definition) is 6. The van der Waals surface area contributed by atoms with Crippen LogP contribution >= 0.6 is 34.8 Å². The average molecular weight is 582 g/mol. The fourth-order valence-corrected chi connectivity index (χ4v) is 4.56. The van der Waals surface area contributed by atoms with Gasteiger partial charge in [-0.2, -0.15) is 5.10 Å². The standard InChI is InChI=1S/C27H19Cl3N6O3/c1-15-24(27(38)33-20-4-2-3-17(11-20)26(37)31-13-23-34-32-14-39-23)35-36(22-10-9-19(29)12-21(22)30)25(15)16-5-7-18(28)8-6-16/h2-12,14H,13H2,1H3,(H,31,37)(H,33,38). The van der Waals surface area contributed by atoms with Crippen LogP contribution < -0.4 is 10.6 Å². The van der Waals surface area contributed by atoms with E-state index in [0.29, 0.717) is 43.3 Å². The van der Waals surface area contributed by atoms with E-state index in [2.05, 4.69) is 25.9 Å². The van der Waals surface area contributed by atoms with E-state index < -0.39 is 5.91 Å². The predicted molar refractivity (Wildman–Crippen MR) is 149 cm³/mol. The molecule has 0 radical (unpaired) electrons. The van der Waals surface area contributed by atoms with Crippen molar-refractivity contribution in [1.29, 1.82) is 0 Å². The zero-order chi connectivity index (χ0) is 27.5. The number of benzene rings is 3. The molecule has 0 bridgehead atoms. The van der Waals surface area contributed by atoms with Crippen LogP contribution in [0.4, 0.5) is 5.69 Å². The minimum Gasteiger partial charge on any atom is -0.426 e. The molecule has 2 heterocycles. The maximum Gasteiger partial charge on any atom is 0.276 e. The number of rotatable bonds is 7. The lowest BCUT2D eigenvalue weighted by Gasteiger charge is -2.11. The first kappa shape index (κ1) is 26.4. The van der Waals surface area contributed by atoms with E-state index >= 15 is 0 Å². The highest BCUT2D eigenvalue weighted by Crippen LogP contribution is 2.33. The van der Waals surface area contributed by atoms with Crippen molar-refractivity contribution in [3.63, 3.8) is 0 Å². The van der Waals surface area contributed by atoms with E-state index in [9.17, 15) is 9.59 Å². The molecule has 5 rings (SSSR count). The summed E-state index contributed by atoms with van der Waals surface area (Å²) in [7, 11) is 0. The quantitative estimate of drug-likeness (QED) is 0.231. The van der Waals surface area contributed by atoms with Crippen LogP contribution in [0.25, 0.3) is 16.9 Å². The van der Waals surface area contributed by atoms with Gasteiger partial charge in [-0.25, -0.2) is 4.68 Å². The molecule has 0 fully saturated rings. The van der Waals surface area contributed by atoms with Crippen LogP contribution in [0.3, 0.4) is 0 Å². The molecule has 0 saturated heterocycles. The maximum atomic E-state index is 13.4. The number of anilines is 1. The highest BCUT2D eigenvalue weighted by atomic mass is 35.5. The Hall–Kier alpha value is -4.18. The zero-order valence-corrected chi connectivity index (χ0v) is 22.6. The van der Waals surface area contributed by atoms with E-state index in [1.807, 2.05) is 12.1 Å². The lowest BCUT2D eigenvalue weighted by Crippen LogP contribution is -2.23. The number of nitrogens with zero attached hydrogens (tertiary/aromatic N) is 4. The fraction of sp³-hybridized carbons (Fsp3) is 0.0741. The Bertz CT molecular complexity index is 1670. The molecule has 0 aliphatic rings. The lowest BCUT2D eigenvalue weighted by molar-refractivity contribution is 0.0946. The van der Waals surface area contributed by atoms with E-state index in [-0.39, 0.29) is 24.0 Å². The third-order valence-corrected chi connectivity index (χ3v) is 6.57. The second-order valence-corrected chi connectivity index (χ2v) is 9.67. The average Bonchev–Trinajstić information content (AvgIpc) is 3.56. The topological polar surface area (TPSA) is 115 Å². The fourth-order valence-electron chi connectivity index (χ4n) is 3.95. The summed E-state index contributed by atoms with van der Waals surface area (Å²) in [4.78, 5) is 26.0. The number of aromatic nitrogens is 4. The van der Waals surface area contributed by atoms with Gasteiger partial charge in [0.15, 0.2) is 5.69 Å². The second kappa shape index (κ2) is 11.3. The van der Waals surface area contributed by atoms with Crippen LogP contribution in [-0.4, -0.2) is 31.8 Å². The molecule has 5 aromatic rings. The highest BCUT2D eigenvalue weighted by molar-refractivity contribution is 6.35. The molecule has 9 nitrogen and oxygen atoms in total. The van der Waals surface area contributed by atoms with Crippen LogP contribution in [0.2, 0.25) is 15.1 Å². The molecule has 2 amide bonds. The second-order valence-electron chi connectivity index (χ2n) is 8.39. The Kier molecular flexibility index (Phi) is 7.65. The molecule has 0 unspecified atom stereocenters. The monoisotopic (exact) mass is 580 g/mol. The normalized spacial score (nSPS) is 10.9. The van der Waals surface area contributed by atoms with Gasteiger partial charge in [0.05, 0.1) is 22.9 Å². The minimum absolute atomic E-state index is 0.0762. The number of halogens is 3. The molecule has 2 N–H and O–H groups in total. The Balaban J connectivity index is 1.45. The number of carbonyl (C=O) groups excluding carboxylic acids is 2. The highest BCUT2D eigenvalue weighted by Gasteiger charge is 2.23. The first-order valence-corrected chi connectivity index (χ1v) is 12.7. The smallest absolute Gasteiger partial charge is 0.276 e.